The molecule has 1 N–H and O–H groups in total. The molecule has 0 aliphatic carbocycles. The number of halogens is 2. The van der Waals surface area contributed by atoms with Crippen molar-refractivity contribution in [2.45, 2.75) is 11.8 Å². The third kappa shape index (κ3) is 3.36. The number of nitrogens with zero attached hydrogens (tertiary/aromatic N) is 2. The fourth-order valence-electron chi connectivity index (χ4n) is 1.86. The number of hydrogen-bond donors (Lipinski definition) is 1. The second kappa shape index (κ2) is 6.37. The van der Waals surface area contributed by atoms with Crippen LogP contribution < -0.4 is 4.72 Å². The van der Waals surface area contributed by atoms with Gasteiger partial charge in [-0.25, -0.2) is 8.42 Å². The normalized spacial score (nSPS) is 11.6. The largest absolute Gasteiger partial charge is 0.264 e. The highest BCUT2D eigenvalue weighted by molar-refractivity contribution is 7.93. The smallest absolute Gasteiger partial charge is 0.253 e. The van der Waals surface area contributed by atoms with Crippen molar-refractivity contribution >= 4 is 61.2 Å². The number of nitrogens with one attached hydrogen (secondary N) is 1. The number of thiophene rings is 1. The molecule has 5 nitrogen and oxygen atoms in total. The van der Waals surface area contributed by atoms with Crippen LogP contribution in [0.4, 0.5) is 5.13 Å². The summed E-state index contributed by atoms with van der Waals surface area (Å²) in [5, 5.41) is 2.91. The molecule has 3 aromatic rings. The highest BCUT2D eigenvalue weighted by atomic mass is 35.5. The molecule has 0 aliphatic rings. The third-order valence-electron chi connectivity index (χ3n) is 2.98. The van der Waals surface area contributed by atoms with Crippen molar-refractivity contribution < 1.29 is 8.42 Å². The minimum absolute atomic E-state index is 0.107. The van der Waals surface area contributed by atoms with E-state index >= 15 is 0 Å². The van der Waals surface area contributed by atoms with Gasteiger partial charge in [-0.2, -0.15) is 9.36 Å². The molecule has 0 unspecified atom stereocenters. The maximum Gasteiger partial charge on any atom is 0.264 e. The van der Waals surface area contributed by atoms with Crippen molar-refractivity contribution in [1.29, 1.82) is 0 Å². The Labute approximate surface area is 151 Å². The molecule has 0 amide bonds. The topological polar surface area (TPSA) is 72.0 Å². The molecule has 10 heteroatoms. The van der Waals surface area contributed by atoms with Gasteiger partial charge in [0.05, 0.1) is 14.8 Å². The van der Waals surface area contributed by atoms with Crippen LogP contribution in [0.15, 0.2) is 34.5 Å². The molecule has 120 valence electrons. The fraction of sp³-hybridized carbons (Fsp3) is 0.0769. The van der Waals surface area contributed by atoms with Crippen LogP contribution in [0.2, 0.25) is 10.0 Å². The van der Waals surface area contributed by atoms with E-state index in [1.807, 2.05) is 5.38 Å². The molecular weight excluding hydrogens is 397 g/mol. The second-order valence-electron chi connectivity index (χ2n) is 4.49. The Hall–Kier alpha value is -1.19. The van der Waals surface area contributed by atoms with Gasteiger partial charge in [-0.15, -0.1) is 11.3 Å². The lowest BCUT2D eigenvalue weighted by atomic mass is 10.2. The van der Waals surface area contributed by atoms with Crippen molar-refractivity contribution in [3.8, 4) is 10.7 Å². The fourth-order valence-corrected chi connectivity index (χ4v) is 5.29. The second-order valence-corrected chi connectivity index (χ2v) is 8.62. The number of anilines is 1. The van der Waals surface area contributed by atoms with Crippen LogP contribution in [0.25, 0.3) is 10.7 Å². The van der Waals surface area contributed by atoms with E-state index in [0.29, 0.717) is 26.3 Å². The summed E-state index contributed by atoms with van der Waals surface area (Å²) in [5.74, 6) is 0.399. The van der Waals surface area contributed by atoms with Gasteiger partial charge in [0.25, 0.3) is 10.0 Å². The zero-order chi connectivity index (χ0) is 16.6. The zero-order valence-electron chi connectivity index (χ0n) is 11.6. The average molecular weight is 406 g/mol. The summed E-state index contributed by atoms with van der Waals surface area (Å²) in [6.45, 7) is 1.65. The molecule has 0 radical (unpaired) electrons. The van der Waals surface area contributed by atoms with E-state index < -0.39 is 10.0 Å². The van der Waals surface area contributed by atoms with Crippen molar-refractivity contribution in [1.82, 2.24) is 9.36 Å². The van der Waals surface area contributed by atoms with E-state index in [0.717, 1.165) is 11.5 Å². The first kappa shape index (κ1) is 16.7. The molecule has 2 heterocycles. The monoisotopic (exact) mass is 405 g/mol. The Morgan fingerprint density at radius 2 is 1.96 bits per heavy atom. The first-order valence-electron chi connectivity index (χ1n) is 6.23. The molecule has 0 saturated heterocycles. The molecule has 0 aliphatic heterocycles. The number of sulfonamides is 1. The molecule has 23 heavy (non-hydrogen) atoms. The summed E-state index contributed by atoms with van der Waals surface area (Å²) >= 11 is 14.4. The Morgan fingerprint density at radius 3 is 2.65 bits per heavy atom. The quantitative estimate of drug-likeness (QED) is 0.683. The standard InChI is InChI=1S/C13H9Cl2N3O2S3/c1-7-8(14)3-2-4-10(7)23(19,20)18-13-16-12(17-22-13)11-9(15)5-6-21-11/h2-6H,1H3,(H,16,17,18). The summed E-state index contributed by atoms with van der Waals surface area (Å²) in [4.78, 5) is 4.99. The highest BCUT2D eigenvalue weighted by Gasteiger charge is 2.21. The van der Waals surface area contributed by atoms with E-state index in [1.54, 1.807) is 25.1 Å². The number of aromatic nitrogens is 2. The van der Waals surface area contributed by atoms with E-state index in [-0.39, 0.29) is 10.0 Å². The zero-order valence-corrected chi connectivity index (χ0v) is 15.5. The maximum atomic E-state index is 12.5. The first-order valence-corrected chi connectivity index (χ1v) is 10.1. The number of benzene rings is 1. The molecule has 0 fully saturated rings. The van der Waals surface area contributed by atoms with E-state index in [1.165, 1.54) is 17.4 Å². The van der Waals surface area contributed by atoms with Crippen molar-refractivity contribution in [2.75, 3.05) is 4.72 Å². The van der Waals surface area contributed by atoms with Crippen LogP contribution in [-0.2, 0) is 10.0 Å². The summed E-state index contributed by atoms with van der Waals surface area (Å²) in [6.07, 6.45) is 0. The van der Waals surface area contributed by atoms with Gasteiger partial charge in [0.2, 0.25) is 5.13 Å². The number of hydrogen-bond acceptors (Lipinski definition) is 6. The van der Waals surface area contributed by atoms with Gasteiger partial charge in [0, 0.05) is 16.6 Å². The molecular formula is C13H9Cl2N3O2S3. The van der Waals surface area contributed by atoms with Gasteiger partial charge in [-0.1, -0.05) is 29.3 Å². The van der Waals surface area contributed by atoms with Crippen molar-refractivity contribution in [2.24, 2.45) is 0 Å². The van der Waals surface area contributed by atoms with E-state index in [2.05, 4.69) is 14.1 Å². The lowest BCUT2D eigenvalue weighted by Crippen LogP contribution is -2.14. The summed E-state index contributed by atoms with van der Waals surface area (Å²) < 4.78 is 31.5. The molecule has 0 spiro atoms. The average Bonchev–Trinajstić information content (AvgIpc) is 3.10. The Balaban J connectivity index is 1.91. The Morgan fingerprint density at radius 1 is 1.17 bits per heavy atom. The summed E-state index contributed by atoms with van der Waals surface area (Å²) in [5.41, 5.74) is 0.479. The van der Waals surface area contributed by atoms with Gasteiger partial charge in [0.1, 0.15) is 0 Å². The van der Waals surface area contributed by atoms with Crippen molar-refractivity contribution in [3.63, 3.8) is 0 Å². The van der Waals surface area contributed by atoms with Gasteiger partial charge in [0.15, 0.2) is 5.82 Å². The molecule has 2 aromatic heterocycles. The molecule has 3 rings (SSSR count). The van der Waals surface area contributed by atoms with E-state index in [4.69, 9.17) is 23.2 Å². The SMILES string of the molecule is Cc1c(Cl)cccc1S(=O)(=O)Nc1nc(-c2sccc2Cl)ns1. The van der Waals surface area contributed by atoms with Crippen LogP contribution in [-0.4, -0.2) is 17.8 Å². The van der Waals surface area contributed by atoms with Gasteiger partial charge in [-0.3, -0.25) is 4.72 Å². The van der Waals surface area contributed by atoms with Crippen LogP contribution >= 0.6 is 46.1 Å². The van der Waals surface area contributed by atoms with Crippen LogP contribution in [0.1, 0.15) is 5.56 Å². The van der Waals surface area contributed by atoms with Crippen LogP contribution in [0.5, 0.6) is 0 Å². The molecule has 0 saturated carbocycles. The predicted molar refractivity (Wildman–Crippen MR) is 95.2 cm³/mol. The summed E-state index contributed by atoms with van der Waals surface area (Å²) in [7, 11) is -3.79. The minimum Gasteiger partial charge on any atom is -0.253 e. The lowest BCUT2D eigenvalue weighted by molar-refractivity contribution is 0.600. The molecule has 0 bridgehead atoms. The number of rotatable bonds is 4. The predicted octanol–water partition coefficient (Wildman–Crippen LogP) is 4.68. The van der Waals surface area contributed by atoms with Gasteiger partial charge in [-0.05, 0) is 36.1 Å². The Bertz CT molecular complexity index is 967. The highest BCUT2D eigenvalue weighted by Crippen LogP contribution is 2.33. The minimum atomic E-state index is -3.79. The van der Waals surface area contributed by atoms with Gasteiger partial charge >= 0.3 is 0 Å². The maximum absolute atomic E-state index is 12.5. The molecule has 1 aromatic carbocycles. The molecule has 0 atom stereocenters. The van der Waals surface area contributed by atoms with E-state index in [9.17, 15) is 8.42 Å². The van der Waals surface area contributed by atoms with Crippen molar-refractivity contribution in [3.05, 3.63) is 45.3 Å². The first-order chi connectivity index (χ1) is 10.9. The van der Waals surface area contributed by atoms with Crippen LogP contribution in [0.3, 0.4) is 0 Å². The van der Waals surface area contributed by atoms with Crippen LogP contribution in [0, 0.1) is 6.92 Å². The van der Waals surface area contributed by atoms with Gasteiger partial charge < -0.3 is 0 Å². The Kier molecular flexibility index (Phi) is 4.61. The summed E-state index contributed by atoms with van der Waals surface area (Å²) in [6, 6.07) is 6.45. The third-order valence-corrected chi connectivity index (χ3v) is 6.97. The lowest BCUT2D eigenvalue weighted by Gasteiger charge is -2.08.